The summed E-state index contributed by atoms with van der Waals surface area (Å²) in [5, 5.41) is 2.47. The standard InChI is InChI=1S/C10H9N.CH5N/c1-8-2-3-9-4-5-11-7-10(9)6-8;1-2/h2-7H,1H3;2H2,1H3. The van der Waals surface area contributed by atoms with Gasteiger partial charge in [-0.25, -0.2) is 0 Å². The zero-order valence-corrected chi connectivity index (χ0v) is 7.99. The lowest BCUT2D eigenvalue weighted by molar-refractivity contribution is 1.36. The number of benzene rings is 1. The molecule has 13 heavy (non-hydrogen) atoms. The quantitative estimate of drug-likeness (QED) is 0.664. The third-order valence-corrected chi connectivity index (χ3v) is 1.80. The zero-order valence-electron chi connectivity index (χ0n) is 7.99. The third kappa shape index (κ3) is 2.26. The molecular weight excluding hydrogens is 160 g/mol. The Bertz CT molecular complexity index is 383. The van der Waals surface area contributed by atoms with E-state index in [0.717, 1.165) is 0 Å². The number of aryl methyl sites for hydroxylation is 1. The van der Waals surface area contributed by atoms with E-state index in [-0.39, 0.29) is 0 Å². The fourth-order valence-corrected chi connectivity index (χ4v) is 1.20. The summed E-state index contributed by atoms with van der Waals surface area (Å²) in [6, 6.07) is 8.39. The predicted octanol–water partition coefficient (Wildman–Crippen LogP) is 2.12. The van der Waals surface area contributed by atoms with E-state index < -0.39 is 0 Å². The summed E-state index contributed by atoms with van der Waals surface area (Å²) >= 11 is 0. The van der Waals surface area contributed by atoms with Crippen LogP contribution in [0, 0.1) is 6.92 Å². The minimum atomic E-state index is 1.22. The number of fused-ring (bicyclic) bond motifs is 1. The van der Waals surface area contributed by atoms with Crippen molar-refractivity contribution in [2.24, 2.45) is 5.73 Å². The van der Waals surface area contributed by atoms with Crippen LogP contribution in [0.1, 0.15) is 5.56 Å². The highest BCUT2D eigenvalue weighted by atomic mass is 14.6. The highest BCUT2D eigenvalue weighted by molar-refractivity contribution is 5.81. The maximum Gasteiger partial charge on any atom is 0.0346 e. The molecule has 2 nitrogen and oxygen atoms in total. The number of pyridine rings is 1. The van der Waals surface area contributed by atoms with Gasteiger partial charge in [0.25, 0.3) is 0 Å². The van der Waals surface area contributed by atoms with Crippen molar-refractivity contribution in [3.63, 3.8) is 0 Å². The second-order valence-corrected chi connectivity index (χ2v) is 2.73. The monoisotopic (exact) mass is 174 g/mol. The minimum Gasteiger partial charge on any atom is -0.333 e. The van der Waals surface area contributed by atoms with E-state index in [1.54, 1.807) is 0 Å². The van der Waals surface area contributed by atoms with Crippen LogP contribution in [0.3, 0.4) is 0 Å². The fourth-order valence-electron chi connectivity index (χ4n) is 1.20. The first-order valence-corrected chi connectivity index (χ1v) is 4.24. The molecule has 2 rings (SSSR count). The first-order chi connectivity index (χ1) is 6.36. The fraction of sp³-hybridized carbons (Fsp3) is 0.182. The molecule has 0 fully saturated rings. The Hall–Kier alpha value is -1.41. The van der Waals surface area contributed by atoms with Crippen LogP contribution in [-0.4, -0.2) is 12.0 Å². The van der Waals surface area contributed by atoms with E-state index in [9.17, 15) is 0 Å². The van der Waals surface area contributed by atoms with Crippen LogP contribution in [0.5, 0.6) is 0 Å². The molecule has 0 bridgehead atoms. The summed E-state index contributed by atoms with van der Waals surface area (Å²) in [5.41, 5.74) is 5.78. The van der Waals surface area contributed by atoms with Crippen LogP contribution in [0.15, 0.2) is 36.7 Å². The van der Waals surface area contributed by atoms with Gasteiger partial charge in [-0.05, 0) is 31.5 Å². The largest absolute Gasteiger partial charge is 0.333 e. The molecule has 0 amide bonds. The topological polar surface area (TPSA) is 38.9 Å². The van der Waals surface area contributed by atoms with Gasteiger partial charge >= 0.3 is 0 Å². The van der Waals surface area contributed by atoms with Crippen molar-refractivity contribution in [2.75, 3.05) is 7.05 Å². The highest BCUT2D eigenvalue weighted by Gasteiger charge is 1.90. The van der Waals surface area contributed by atoms with Crippen LogP contribution in [0.25, 0.3) is 10.8 Å². The van der Waals surface area contributed by atoms with Crippen molar-refractivity contribution in [1.29, 1.82) is 0 Å². The summed E-state index contributed by atoms with van der Waals surface area (Å²) in [4.78, 5) is 4.05. The van der Waals surface area contributed by atoms with Crippen molar-refractivity contribution in [2.45, 2.75) is 6.92 Å². The van der Waals surface area contributed by atoms with Crippen LogP contribution in [0.4, 0.5) is 0 Å². The average molecular weight is 174 g/mol. The maximum absolute atomic E-state index is 4.50. The maximum atomic E-state index is 4.50. The van der Waals surface area contributed by atoms with Crippen LogP contribution in [0.2, 0.25) is 0 Å². The molecule has 68 valence electrons. The van der Waals surface area contributed by atoms with Gasteiger partial charge in [-0.1, -0.05) is 17.7 Å². The summed E-state index contributed by atoms with van der Waals surface area (Å²) in [5.74, 6) is 0. The molecule has 2 heteroatoms. The highest BCUT2D eigenvalue weighted by Crippen LogP contribution is 2.12. The predicted molar refractivity (Wildman–Crippen MR) is 56.6 cm³/mol. The third-order valence-electron chi connectivity index (χ3n) is 1.80. The van der Waals surface area contributed by atoms with Gasteiger partial charge in [0.1, 0.15) is 0 Å². The van der Waals surface area contributed by atoms with E-state index in [4.69, 9.17) is 0 Å². The van der Waals surface area contributed by atoms with Crippen molar-refractivity contribution in [1.82, 2.24) is 4.98 Å². The van der Waals surface area contributed by atoms with Gasteiger partial charge in [-0.3, -0.25) is 4.98 Å². The first-order valence-electron chi connectivity index (χ1n) is 4.24. The molecule has 0 aliphatic heterocycles. The van der Waals surface area contributed by atoms with Crippen molar-refractivity contribution >= 4 is 10.8 Å². The van der Waals surface area contributed by atoms with Gasteiger partial charge in [-0.2, -0.15) is 0 Å². The van der Waals surface area contributed by atoms with Gasteiger partial charge < -0.3 is 5.73 Å². The minimum absolute atomic E-state index is 1.22. The summed E-state index contributed by atoms with van der Waals surface area (Å²) in [6.45, 7) is 2.09. The first kappa shape index (κ1) is 9.68. The van der Waals surface area contributed by atoms with Crippen molar-refractivity contribution in [3.8, 4) is 0 Å². The lowest BCUT2D eigenvalue weighted by Crippen LogP contribution is -1.75. The van der Waals surface area contributed by atoms with Crippen LogP contribution < -0.4 is 5.73 Å². The van der Waals surface area contributed by atoms with Gasteiger partial charge in [-0.15, -0.1) is 0 Å². The summed E-state index contributed by atoms with van der Waals surface area (Å²) in [7, 11) is 1.50. The zero-order chi connectivity index (χ0) is 9.68. The van der Waals surface area contributed by atoms with Crippen LogP contribution >= 0.6 is 0 Å². The number of hydrogen-bond acceptors (Lipinski definition) is 2. The van der Waals surface area contributed by atoms with Crippen LogP contribution in [-0.2, 0) is 0 Å². The Labute approximate surface area is 78.4 Å². The van der Waals surface area contributed by atoms with E-state index in [1.165, 1.54) is 23.4 Å². The number of aromatic nitrogens is 1. The second-order valence-electron chi connectivity index (χ2n) is 2.73. The molecule has 0 saturated carbocycles. The number of nitrogens with zero attached hydrogens (tertiary/aromatic N) is 1. The normalized spacial score (nSPS) is 9.15. The van der Waals surface area contributed by atoms with Gasteiger partial charge in [0.2, 0.25) is 0 Å². The molecular formula is C11H14N2. The molecule has 1 heterocycles. The Kier molecular flexibility index (Phi) is 3.41. The van der Waals surface area contributed by atoms with Crippen molar-refractivity contribution in [3.05, 3.63) is 42.2 Å². The van der Waals surface area contributed by atoms with Gasteiger partial charge in [0.15, 0.2) is 0 Å². The van der Waals surface area contributed by atoms with E-state index in [2.05, 4.69) is 35.8 Å². The Morgan fingerprint density at radius 1 is 1.08 bits per heavy atom. The van der Waals surface area contributed by atoms with E-state index in [1.807, 2.05) is 18.5 Å². The number of rotatable bonds is 0. The molecule has 0 saturated heterocycles. The Morgan fingerprint density at radius 2 is 1.85 bits per heavy atom. The molecule has 0 aliphatic carbocycles. The summed E-state index contributed by atoms with van der Waals surface area (Å²) in [6.07, 6.45) is 3.71. The Balaban J connectivity index is 0.000000396. The molecule has 2 aromatic rings. The second kappa shape index (κ2) is 4.58. The molecule has 1 aromatic heterocycles. The SMILES string of the molecule is CN.Cc1ccc2ccncc2c1. The summed E-state index contributed by atoms with van der Waals surface area (Å²) < 4.78 is 0. The van der Waals surface area contributed by atoms with E-state index in [0.29, 0.717) is 0 Å². The lowest BCUT2D eigenvalue weighted by atomic mass is 10.1. The molecule has 0 spiro atoms. The molecule has 0 unspecified atom stereocenters. The number of nitrogens with two attached hydrogens (primary N) is 1. The molecule has 2 N–H and O–H groups in total. The van der Waals surface area contributed by atoms with E-state index >= 15 is 0 Å². The number of hydrogen-bond donors (Lipinski definition) is 1. The van der Waals surface area contributed by atoms with Gasteiger partial charge in [0, 0.05) is 17.8 Å². The molecule has 0 radical (unpaired) electrons. The molecule has 1 aromatic carbocycles. The van der Waals surface area contributed by atoms with Gasteiger partial charge in [0.05, 0.1) is 0 Å². The molecule has 0 atom stereocenters. The average Bonchev–Trinajstić information content (AvgIpc) is 2.21. The molecule has 0 aliphatic rings. The lowest BCUT2D eigenvalue weighted by Gasteiger charge is -1.96. The Morgan fingerprint density at radius 3 is 2.62 bits per heavy atom. The van der Waals surface area contributed by atoms with Crippen molar-refractivity contribution < 1.29 is 0 Å². The smallest absolute Gasteiger partial charge is 0.0346 e.